The highest BCUT2D eigenvalue weighted by Gasteiger charge is 2.37. The predicted molar refractivity (Wildman–Crippen MR) is 156 cm³/mol. The van der Waals surface area contributed by atoms with Crippen molar-refractivity contribution in [3.8, 4) is 6.07 Å². The normalized spacial score (nSPS) is 19.8. The highest BCUT2D eigenvalue weighted by molar-refractivity contribution is 7.91. The van der Waals surface area contributed by atoms with Gasteiger partial charge < -0.3 is 10.6 Å². The minimum atomic E-state index is -4.19. The summed E-state index contributed by atoms with van der Waals surface area (Å²) in [7, 11) is -4.19. The summed E-state index contributed by atoms with van der Waals surface area (Å²) in [6, 6.07) is 13.6. The first-order valence-corrected chi connectivity index (χ1v) is 15.4. The average Bonchev–Trinajstić information content (AvgIpc) is 3.65. The smallest absolute Gasteiger partial charge is 0.245 e. The monoisotopic (exact) mass is 588 g/mol. The van der Waals surface area contributed by atoms with Crippen LogP contribution in [0.3, 0.4) is 0 Å². The van der Waals surface area contributed by atoms with E-state index in [0.29, 0.717) is 21.3 Å². The molecule has 11 heteroatoms. The Hall–Kier alpha value is -4.40. The highest BCUT2D eigenvalue weighted by atomic mass is 32.2. The van der Waals surface area contributed by atoms with Gasteiger partial charge in [-0.3, -0.25) is 9.59 Å². The molecule has 2 N–H and O–H groups in total. The number of nitrogens with zero attached hydrogens (tertiary/aromatic N) is 2. The molecule has 0 saturated heterocycles. The first-order chi connectivity index (χ1) is 19.7. The molecule has 0 bridgehead atoms. The zero-order valence-electron chi connectivity index (χ0n) is 21.7. The van der Waals surface area contributed by atoms with Gasteiger partial charge in [0.15, 0.2) is 15.1 Å². The Morgan fingerprint density at radius 2 is 1.93 bits per heavy atom. The molecule has 0 radical (unpaired) electrons. The topological polar surface area (TPSA) is 129 Å². The third kappa shape index (κ3) is 7.03. The van der Waals surface area contributed by atoms with E-state index in [2.05, 4.69) is 15.6 Å². The number of hydrogen-bond acceptors (Lipinski definition) is 7. The Balaban J connectivity index is 1.48. The van der Waals surface area contributed by atoms with Gasteiger partial charge in [-0.1, -0.05) is 42.5 Å². The zero-order chi connectivity index (χ0) is 29.0. The maximum atomic E-state index is 13.8. The van der Waals surface area contributed by atoms with Gasteiger partial charge in [0.2, 0.25) is 11.8 Å². The number of carbonyl (C=O) groups excluding carboxylic acids is 2. The highest BCUT2D eigenvalue weighted by Crippen LogP contribution is 2.34. The number of carbonyl (C=O) groups is 2. The number of aromatic nitrogens is 1. The number of benzene rings is 2. The van der Waals surface area contributed by atoms with Crippen LogP contribution in [0.1, 0.15) is 39.8 Å². The van der Waals surface area contributed by atoms with Crippen molar-refractivity contribution in [3.05, 3.63) is 106 Å². The van der Waals surface area contributed by atoms with Gasteiger partial charge in [0, 0.05) is 6.04 Å². The van der Waals surface area contributed by atoms with Crippen LogP contribution in [0.2, 0.25) is 0 Å². The van der Waals surface area contributed by atoms with E-state index in [1.54, 1.807) is 48.6 Å². The van der Waals surface area contributed by atoms with Crippen LogP contribution in [0.5, 0.6) is 0 Å². The molecule has 2 aliphatic rings. The number of amides is 2. The number of hydrogen-bond donors (Lipinski definition) is 2. The van der Waals surface area contributed by atoms with E-state index in [1.807, 2.05) is 18.2 Å². The van der Waals surface area contributed by atoms with Crippen LogP contribution in [0.4, 0.5) is 4.39 Å². The van der Waals surface area contributed by atoms with Gasteiger partial charge in [-0.25, -0.2) is 17.8 Å². The number of thiazole rings is 1. The Morgan fingerprint density at radius 3 is 2.71 bits per heavy atom. The number of rotatable bonds is 9. The third-order valence-electron chi connectivity index (χ3n) is 6.41. The second-order valence-electron chi connectivity index (χ2n) is 9.69. The number of sulfone groups is 1. The number of nitriles is 1. The fourth-order valence-corrected chi connectivity index (χ4v) is 7.41. The van der Waals surface area contributed by atoms with Crippen LogP contribution >= 0.6 is 11.3 Å². The van der Waals surface area contributed by atoms with Crippen molar-refractivity contribution < 1.29 is 22.4 Å². The molecule has 2 aliphatic carbocycles. The van der Waals surface area contributed by atoms with Gasteiger partial charge >= 0.3 is 0 Å². The lowest BCUT2D eigenvalue weighted by atomic mass is 10.0. The summed E-state index contributed by atoms with van der Waals surface area (Å²) in [6.45, 7) is -0.362. The Morgan fingerprint density at radius 1 is 1.12 bits per heavy atom. The van der Waals surface area contributed by atoms with E-state index in [1.165, 1.54) is 18.2 Å². The van der Waals surface area contributed by atoms with Gasteiger partial charge in [-0.15, -0.1) is 11.3 Å². The van der Waals surface area contributed by atoms with Gasteiger partial charge in [0.1, 0.15) is 10.8 Å². The summed E-state index contributed by atoms with van der Waals surface area (Å²) in [5.41, 5.74) is 2.65. The summed E-state index contributed by atoms with van der Waals surface area (Å²) in [6.07, 6.45) is 11.2. The van der Waals surface area contributed by atoms with Crippen LogP contribution in [-0.2, 0) is 25.2 Å². The van der Waals surface area contributed by atoms with Crippen molar-refractivity contribution in [1.82, 2.24) is 15.6 Å². The summed E-state index contributed by atoms with van der Waals surface area (Å²) >= 11 is 1.06. The van der Waals surface area contributed by atoms with Crippen molar-refractivity contribution in [2.75, 3.05) is 6.54 Å². The van der Waals surface area contributed by atoms with Gasteiger partial charge in [-0.2, -0.15) is 5.26 Å². The maximum Gasteiger partial charge on any atom is 0.245 e. The van der Waals surface area contributed by atoms with Crippen molar-refractivity contribution in [3.63, 3.8) is 0 Å². The molecule has 208 valence electrons. The molecular formula is C30H25FN4O4S2. The molecule has 2 aromatic carbocycles. The number of allylic oxidation sites excluding steroid dienone is 8. The summed E-state index contributed by atoms with van der Waals surface area (Å²) < 4.78 is 41.9. The molecule has 2 amide bonds. The second-order valence-corrected chi connectivity index (χ2v) is 12.8. The molecule has 1 aromatic heterocycles. The molecule has 1 heterocycles. The van der Waals surface area contributed by atoms with Crippen LogP contribution in [0.25, 0.3) is 15.8 Å². The predicted octanol–water partition coefficient (Wildman–Crippen LogP) is 4.58. The van der Waals surface area contributed by atoms with Crippen LogP contribution < -0.4 is 10.6 Å². The van der Waals surface area contributed by atoms with Crippen molar-refractivity contribution >= 4 is 48.8 Å². The third-order valence-corrected chi connectivity index (χ3v) is 9.54. The van der Waals surface area contributed by atoms with Gasteiger partial charge in [-0.05, 0) is 66.0 Å². The van der Waals surface area contributed by atoms with E-state index in [9.17, 15) is 27.7 Å². The largest absolute Gasteiger partial charge is 0.352 e. The van der Waals surface area contributed by atoms with Crippen LogP contribution in [-0.4, -0.2) is 37.8 Å². The molecular weight excluding hydrogens is 563 g/mol. The van der Waals surface area contributed by atoms with E-state index in [-0.39, 0.29) is 17.6 Å². The van der Waals surface area contributed by atoms with Crippen LogP contribution in [0.15, 0.2) is 84.7 Å². The number of fused-ring (bicyclic) bond motifs is 1. The molecule has 1 saturated carbocycles. The summed E-state index contributed by atoms with van der Waals surface area (Å²) in [5.74, 6) is -2.14. The molecule has 1 fully saturated rings. The quantitative estimate of drug-likeness (QED) is 0.377. The lowest BCUT2D eigenvalue weighted by Crippen LogP contribution is -2.41. The first-order valence-electron chi connectivity index (χ1n) is 12.8. The van der Waals surface area contributed by atoms with Crippen LogP contribution in [0, 0.1) is 11.3 Å². The minimum absolute atomic E-state index is 0.0600. The fraction of sp³-hybridized carbons (Fsp3) is 0.200. The number of nitrogens with one attached hydrogen (secondary N) is 2. The van der Waals surface area contributed by atoms with Crippen molar-refractivity contribution in [2.45, 2.75) is 29.9 Å². The molecule has 3 aromatic rings. The van der Waals surface area contributed by atoms with Gasteiger partial charge in [0.25, 0.3) is 0 Å². The summed E-state index contributed by atoms with van der Waals surface area (Å²) in [4.78, 5) is 30.1. The van der Waals surface area contributed by atoms with Gasteiger partial charge in [0.05, 0.1) is 34.1 Å². The Bertz CT molecular complexity index is 1790. The molecule has 1 unspecified atom stereocenters. The molecule has 0 spiro atoms. The molecule has 5 rings (SSSR count). The van der Waals surface area contributed by atoms with E-state index < -0.39 is 38.5 Å². The summed E-state index contributed by atoms with van der Waals surface area (Å²) in [5, 5.41) is 12.8. The molecule has 41 heavy (non-hydrogen) atoms. The average molecular weight is 589 g/mol. The Kier molecular flexibility index (Phi) is 8.23. The molecule has 8 nitrogen and oxygen atoms in total. The fourth-order valence-electron chi connectivity index (χ4n) is 4.26. The second kappa shape index (κ2) is 12.0. The molecule has 1 atom stereocenters. The lowest BCUT2D eigenvalue weighted by molar-refractivity contribution is -0.126. The number of halogens is 1. The minimum Gasteiger partial charge on any atom is -0.352 e. The van der Waals surface area contributed by atoms with E-state index in [0.717, 1.165) is 35.3 Å². The lowest BCUT2D eigenvalue weighted by Gasteiger charge is -2.16. The van der Waals surface area contributed by atoms with E-state index in [4.69, 9.17) is 0 Å². The Labute approximate surface area is 240 Å². The SMILES string of the molecule is N#Cc1cccc(CS(=O)(=O)C(C(=O)NCC(=O)NC2CC2)c2nc3ccc(C4=C/C=C(F)\C=C\C=C\4)cc3s2)c1. The van der Waals surface area contributed by atoms with E-state index >= 15 is 0 Å². The first kappa shape index (κ1) is 28.1. The zero-order valence-corrected chi connectivity index (χ0v) is 23.3. The molecule has 0 aliphatic heterocycles. The maximum absolute atomic E-state index is 13.8. The van der Waals surface area contributed by atoms with Crippen molar-refractivity contribution in [1.29, 1.82) is 5.26 Å². The standard InChI is InChI=1S/C30H25FN4O4S2/c31-23-7-2-1-6-21(8-10-23)22-9-13-25-26(15-22)40-30(35-25)28(29(37)33-17-27(36)34-24-11-12-24)41(38,39)18-20-5-3-4-19(14-20)16-32/h1-10,13-15,24,28H,11-12,17-18H2,(H,33,37)(H,34,36)/b2-1?,6-1+,7-2+,10-8?,21-6?,21-8+,23-7?,23-10+. The van der Waals surface area contributed by atoms with Crippen molar-refractivity contribution in [2.24, 2.45) is 0 Å².